The molecule has 5 rings (SSSR count). The van der Waals surface area contributed by atoms with E-state index in [2.05, 4.69) is 15.6 Å². The molecule has 212 valence electrons. The van der Waals surface area contributed by atoms with Crippen molar-refractivity contribution in [3.05, 3.63) is 66.1 Å². The monoisotopic (exact) mass is 575 g/mol. The highest BCUT2D eigenvalue weighted by Crippen LogP contribution is 2.55. The summed E-state index contributed by atoms with van der Waals surface area (Å²) in [5.41, 5.74) is 1.24. The molecule has 1 saturated heterocycles. The van der Waals surface area contributed by atoms with E-state index in [1.807, 2.05) is 11.8 Å². The Hall–Kier alpha value is -3.71. The number of anilines is 2. The summed E-state index contributed by atoms with van der Waals surface area (Å²) < 4.78 is 70.4. The Morgan fingerprint density at radius 1 is 1.15 bits per heavy atom. The van der Waals surface area contributed by atoms with Gasteiger partial charge in [0.1, 0.15) is 16.4 Å². The van der Waals surface area contributed by atoms with Gasteiger partial charge in [-0.25, -0.2) is 36.4 Å². The zero-order chi connectivity index (χ0) is 28.5. The molecular weight excluding hydrogens is 547 g/mol. The Morgan fingerprint density at radius 2 is 1.90 bits per heavy atom. The van der Waals surface area contributed by atoms with Crippen molar-refractivity contribution in [2.75, 3.05) is 36.5 Å². The third-order valence-electron chi connectivity index (χ3n) is 6.98. The van der Waals surface area contributed by atoms with Crippen LogP contribution < -0.4 is 15.5 Å². The van der Waals surface area contributed by atoms with E-state index in [9.17, 15) is 26.4 Å². The van der Waals surface area contributed by atoms with Crippen LogP contribution in [-0.2, 0) is 19.3 Å². The summed E-state index contributed by atoms with van der Waals surface area (Å²) in [6.45, 7) is 2.73. The Labute approximate surface area is 229 Å². The number of halogens is 3. The van der Waals surface area contributed by atoms with Gasteiger partial charge in [-0.3, -0.25) is 0 Å². The number of carbonyl (C=O) groups excluding carboxylic acids is 1. The Kier molecular flexibility index (Phi) is 7.69. The molecule has 2 aromatic carbocycles. The van der Waals surface area contributed by atoms with Crippen molar-refractivity contribution >= 4 is 27.4 Å². The zero-order valence-electron chi connectivity index (χ0n) is 21.6. The summed E-state index contributed by atoms with van der Waals surface area (Å²) in [5.74, 6) is 0.186. The molecule has 2 N–H and O–H groups in total. The smallest absolute Gasteiger partial charge is 0.319 e. The van der Waals surface area contributed by atoms with E-state index in [-0.39, 0.29) is 16.8 Å². The predicted molar refractivity (Wildman–Crippen MR) is 143 cm³/mol. The number of benzene rings is 2. The van der Waals surface area contributed by atoms with E-state index in [4.69, 9.17) is 9.72 Å². The van der Waals surface area contributed by atoms with Gasteiger partial charge < -0.3 is 20.3 Å². The molecule has 9 nitrogen and oxygen atoms in total. The highest BCUT2D eigenvalue weighted by Gasteiger charge is 2.58. The molecule has 0 bridgehead atoms. The Morgan fingerprint density at radius 3 is 2.55 bits per heavy atom. The second kappa shape index (κ2) is 11.0. The second-order valence-corrected chi connectivity index (χ2v) is 12.1. The van der Waals surface area contributed by atoms with Gasteiger partial charge in [-0.1, -0.05) is 6.07 Å². The van der Waals surface area contributed by atoms with Crippen molar-refractivity contribution < 1.29 is 31.1 Å². The SMILES string of the molecule is C[C@H]1COCCN1c1cc(C2(S(=O)(=O)c3cccc(F)c3)CC2)nc(-c2ccc(NC(=O)NCC(F)F)cc2)n1. The van der Waals surface area contributed by atoms with Gasteiger partial charge >= 0.3 is 6.03 Å². The molecule has 1 aliphatic carbocycles. The van der Waals surface area contributed by atoms with Crippen molar-refractivity contribution in [3.8, 4) is 11.4 Å². The fourth-order valence-corrected chi connectivity index (χ4v) is 6.69. The Bertz CT molecular complexity index is 1500. The molecule has 1 atom stereocenters. The summed E-state index contributed by atoms with van der Waals surface area (Å²) in [6, 6.07) is 12.3. The van der Waals surface area contributed by atoms with Crippen molar-refractivity contribution in [2.24, 2.45) is 0 Å². The molecule has 1 saturated carbocycles. The normalized spacial score (nSPS) is 18.4. The number of hydrogen-bond donors (Lipinski definition) is 2. The molecule has 13 heteroatoms. The summed E-state index contributed by atoms with van der Waals surface area (Å²) in [5, 5.41) is 4.54. The average molecular weight is 576 g/mol. The maximum atomic E-state index is 14.0. The van der Waals surface area contributed by atoms with Crippen LogP contribution in [0.2, 0.25) is 0 Å². The first kappa shape index (κ1) is 27.8. The van der Waals surface area contributed by atoms with Gasteiger partial charge in [0.2, 0.25) is 0 Å². The summed E-state index contributed by atoms with van der Waals surface area (Å²) >= 11 is 0. The minimum atomic E-state index is -3.98. The Balaban J connectivity index is 1.51. The maximum absolute atomic E-state index is 14.0. The lowest BCUT2D eigenvalue weighted by atomic mass is 10.1. The van der Waals surface area contributed by atoms with E-state index in [1.54, 1.807) is 30.3 Å². The van der Waals surface area contributed by atoms with Crippen LogP contribution in [0, 0.1) is 5.82 Å². The molecule has 1 aliphatic heterocycles. The second-order valence-electron chi connectivity index (χ2n) is 9.81. The van der Waals surface area contributed by atoms with Gasteiger partial charge in [0, 0.05) is 23.9 Å². The zero-order valence-corrected chi connectivity index (χ0v) is 22.4. The minimum absolute atomic E-state index is 0.0161. The third-order valence-corrected chi connectivity index (χ3v) is 9.50. The number of hydrogen-bond acceptors (Lipinski definition) is 7. The molecule has 2 aliphatic rings. The van der Waals surface area contributed by atoms with Gasteiger partial charge in [0.15, 0.2) is 15.7 Å². The average Bonchev–Trinajstić information content (AvgIpc) is 3.75. The molecule has 40 heavy (non-hydrogen) atoms. The maximum Gasteiger partial charge on any atom is 0.319 e. The molecular formula is C27H28F3N5O4S. The first-order valence-electron chi connectivity index (χ1n) is 12.8. The highest BCUT2D eigenvalue weighted by molar-refractivity contribution is 7.92. The molecule has 0 unspecified atom stereocenters. The van der Waals surface area contributed by atoms with Crippen LogP contribution in [0.3, 0.4) is 0 Å². The molecule has 0 radical (unpaired) electrons. The molecule has 3 aromatic rings. The van der Waals surface area contributed by atoms with Crippen LogP contribution in [0.5, 0.6) is 0 Å². The van der Waals surface area contributed by atoms with Crippen molar-refractivity contribution in [2.45, 2.75) is 41.9 Å². The van der Waals surface area contributed by atoms with Crippen LogP contribution in [0.1, 0.15) is 25.5 Å². The van der Waals surface area contributed by atoms with E-state index < -0.39 is 39.4 Å². The van der Waals surface area contributed by atoms with Gasteiger partial charge in [0.05, 0.1) is 36.4 Å². The number of sulfone groups is 1. The van der Waals surface area contributed by atoms with E-state index in [1.165, 1.54) is 18.2 Å². The summed E-state index contributed by atoms with van der Waals surface area (Å²) in [4.78, 5) is 23.2. The predicted octanol–water partition coefficient (Wildman–Crippen LogP) is 4.36. The summed E-state index contributed by atoms with van der Waals surface area (Å²) in [7, 11) is -3.98. The van der Waals surface area contributed by atoms with Crippen molar-refractivity contribution in [3.63, 3.8) is 0 Å². The van der Waals surface area contributed by atoms with Gasteiger partial charge in [-0.15, -0.1) is 0 Å². The number of nitrogens with zero attached hydrogens (tertiary/aromatic N) is 3. The molecule has 2 amide bonds. The van der Waals surface area contributed by atoms with Crippen molar-refractivity contribution in [1.82, 2.24) is 15.3 Å². The molecule has 2 fully saturated rings. The van der Waals surface area contributed by atoms with E-state index in [0.29, 0.717) is 55.4 Å². The highest BCUT2D eigenvalue weighted by atomic mass is 32.2. The first-order valence-corrected chi connectivity index (χ1v) is 14.2. The van der Waals surface area contributed by atoms with E-state index >= 15 is 0 Å². The molecule has 2 heterocycles. The number of ether oxygens (including phenoxy) is 1. The number of urea groups is 1. The lowest BCUT2D eigenvalue weighted by Gasteiger charge is -2.34. The lowest BCUT2D eigenvalue weighted by Crippen LogP contribution is -2.44. The fraction of sp³-hybridized carbons (Fsp3) is 0.370. The number of alkyl halides is 2. The van der Waals surface area contributed by atoms with Crippen molar-refractivity contribution in [1.29, 1.82) is 0 Å². The standard InChI is InChI=1S/C27H28F3N5O4S/c1-17-16-39-12-11-35(17)24-14-22(27(9-10-27)40(37,38)21-4-2-3-19(28)13-21)33-25(34-24)18-5-7-20(8-6-18)32-26(36)31-15-23(29)30/h2-8,13-14,17,23H,9-12,15-16H2,1H3,(H2,31,32,36)/t17-/m0/s1. The minimum Gasteiger partial charge on any atom is -0.377 e. The van der Waals surface area contributed by atoms with Gasteiger partial charge in [0.25, 0.3) is 6.43 Å². The third kappa shape index (κ3) is 5.61. The van der Waals surface area contributed by atoms with Crippen LogP contribution in [0.15, 0.2) is 59.5 Å². The molecule has 1 aromatic heterocycles. The number of morpholine rings is 1. The quantitative estimate of drug-likeness (QED) is 0.411. The number of nitrogens with one attached hydrogen (secondary N) is 2. The fourth-order valence-electron chi connectivity index (χ4n) is 4.70. The van der Waals surface area contributed by atoms with Crippen LogP contribution in [0.4, 0.5) is 29.5 Å². The van der Waals surface area contributed by atoms with Crippen LogP contribution in [-0.4, -0.2) is 63.2 Å². The summed E-state index contributed by atoms with van der Waals surface area (Å²) in [6.07, 6.45) is -2.01. The van der Waals surface area contributed by atoms with Gasteiger partial charge in [-0.05, 0) is 62.2 Å². The number of aromatic nitrogens is 2. The largest absolute Gasteiger partial charge is 0.377 e. The van der Waals surface area contributed by atoms with Crippen LogP contribution >= 0.6 is 0 Å². The number of carbonyl (C=O) groups is 1. The first-order chi connectivity index (χ1) is 19.1. The van der Waals surface area contributed by atoms with E-state index in [0.717, 1.165) is 6.07 Å². The lowest BCUT2D eigenvalue weighted by molar-refractivity contribution is 0.0985. The number of rotatable bonds is 8. The van der Waals surface area contributed by atoms with Gasteiger partial charge in [-0.2, -0.15) is 0 Å². The molecule has 0 spiro atoms. The van der Waals surface area contributed by atoms with Crippen LogP contribution in [0.25, 0.3) is 11.4 Å². The number of amides is 2. The topological polar surface area (TPSA) is 114 Å².